The first-order valence-corrected chi connectivity index (χ1v) is 8.14. The molecule has 1 spiro atoms. The molecular weight excluding hydrogens is 408 g/mol. The van der Waals surface area contributed by atoms with Gasteiger partial charge >= 0.3 is 0 Å². The minimum Gasteiger partial charge on any atom is -0.357 e. The van der Waals surface area contributed by atoms with Gasteiger partial charge in [0.2, 0.25) is 0 Å². The van der Waals surface area contributed by atoms with Gasteiger partial charge in [-0.25, -0.2) is 4.39 Å². The standard InChI is InChI=1S/C14H12BrFIN/c15-12-8(16)5-9(17)13-11(12)7-6-14(3-4-14)2-1-10(7)18-13/h5,18H,1-4,6H2. The maximum Gasteiger partial charge on any atom is 0.139 e. The van der Waals surface area contributed by atoms with E-state index in [1.54, 1.807) is 6.07 Å². The van der Waals surface area contributed by atoms with Crippen molar-refractivity contribution >= 4 is 49.4 Å². The van der Waals surface area contributed by atoms with Gasteiger partial charge in [0.15, 0.2) is 0 Å². The lowest BCUT2D eigenvalue weighted by molar-refractivity contribution is 0.437. The molecule has 4 heteroatoms. The number of aryl methyl sites for hydroxylation is 1. The van der Waals surface area contributed by atoms with E-state index in [9.17, 15) is 4.39 Å². The van der Waals surface area contributed by atoms with E-state index in [1.165, 1.54) is 30.5 Å². The van der Waals surface area contributed by atoms with Crippen molar-refractivity contribution in [3.8, 4) is 0 Å². The Hall–Kier alpha value is -0.100. The molecule has 0 atom stereocenters. The van der Waals surface area contributed by atoms with E-state index in [2.05, 4.69) is 43.5 Å². The lowest BCUT2D eigenvalue weighted by Crippen LogP contribution is -2.14. The van der Waals surface area contributed by atoms with E-state index in [1.807, 2.05) is 0 Å². The molecule has 1 aromatic carbocycles. The first-order valence-electron chi connectivity index (χ1n) is 6.27. The minimum atomic E-state index is -0.149. The molecule has 0 amide bonds. The van der Waals surface area contributed by atoms with Crippen molar-refractivity contribution < 1.29 is 4.39 Å². The molecule has 0 unspecified atom stereocenters. The molecule has 1 fully saturated rings. The number of hydrogen-bond donors (Lipinski definition) is 1. The average molecular weight is 420 g/mol. The second-order valence-corrected chi connectivity index (χ2v) is 7.62. The SMILES string of the molecule is Fc1cc(I)c2[nH]c3c(c2c1Br)CC1(CC3)CC1. The smallest absolute Gasteiger partial charge is 0.139 e. The maximum absolute atomic E-state index is 13.9. The summed E-state index contributed by atoms with van der Waals surface area (Å²) >= 11 is 5.65. The van der Waals surface area contributed by atoms with Crippen LogP contribution in [0.2, 0.25) is 0 Å². The number of aromatic nitrogens is 1. The number of aromatic amines is 1. The van der Waals surface area contributed by atoms with Crippen LogP contribution in [0.1, 0.15) is 30.5 Å². The normalized spacial score (nSPS) is 20.4. The van der Waals surface area contributed by atoms with E-state index < -0.39 is 0 Å². The number of benzene rings is 1. The van der Waals surface area contributed by atoms with Crippen LogP contribution >= 0.6 is 38.5 Å². The van der Waals surface area contributed by atoms with Crippen LogP contribution in [0.25, 0.3) is 10.9 Å². The summed E-state index contributed by atoms with van der Waals surface area (Å²) in [6.45, 7) is 0. The fourth-order valence-corrected chi connectivity index (χ4v) is 4.47. The molecule has 0 bridgehead atoms. The molecule has 1 N–H and O–H groups in total. The molecule has 4 rings (SSSR count). The van der Waals surface area contributed by atoms with Gasteiger partial charge in [0, 0.05) is 14.7 Å². The lowest BCUT2D eigenvalue weighted by atomic mass is 9.84. The molecule has 0 aliphatic heterocycles. The topological polar surface area (TPSA) is 15.8 Å². The fraction of sp³-hybridized carbons (Fsp3) is 0.429. The molecule has 0 radical (unpaired) electrons. The summed E-state index contributed by atoms with van der Waals surface area (Å²) in [6.07, 6.45) is 6.24. The van der Waals surface area contributed by atoms with Gasteiger partial charge in [0.25, 0.3) is 0 Å². The van der Waals surface area contributed by atoms with Crippen LogP contribution in [0.4, 0.5) is 4.39 Å². The zero-order valence-corrected chi connectivity index (χ0v) is 13.5. The van der Waals surface area contributed by atoms with E-state index in [0.29, 0.717) is 9.89 Å². The Morgan fingerprint density at radius 1 is 1.33 bits per heavy atom. The molecule has 94 valence electrons. The van der Waals surface area contributed by atoms with E-state index in [0.717, 1.165) is 27.3 Å². The highest BCUT2D eigenvalue weighted by Crippen LogP contribution is 2.56. The van der Waals surface area contributed by atoms with Gasteiger partial charge in [0.1, 0.15) is 5.82 Å². The molecule has 0 saturated heterocycles. The van der Waals surface area contributed by atoms with Gasteiger partial charge in [0.05, 0.1) is 9.99 Å². The van der Waals surface area contributed by atoms with Crippen LogP contribution in [0, 0.1) is 14.8 Å². The zero-order valence-electron chi connectivity index (χ0n) is 9.75. The molecule has 18 heavy (non-hydrogen) atoms. The fourth-order valence-electron chi connectivity index (χ4n) is 3.24. The van der Waals surface area contributed by atoms with Crippen molar-refractivity contribution in [3.63, 3.8) is 0 Å². The summed E-state index contributed by atoms with van der Waals surface area (Å²) in [5.41, 5.74) is 4.34. The largest absolute Gasteiger partial charge is 0.357 e. The number of hydrogen-bond acceptors (Lipinski definition) is 0. The molecule has 1 heterocycles. The molecule has 1 nitrogen and oxygen atoms in total. The molecule has 1 saturated carbocycles. The minimum absolute atomic E-state index is 0.149. The van der Waals surface area contributed by atoms with Gasteiger partial charge in [-0.3, -0.25) is 0 Å². The van der Waals surface area contributed by atoms with Crippen LogP contribution in [0.5, 0.6) is 0 Å². The Balaban J connectivity index is 2.04. The van der Waals surface area contributed by atoms with Crippen LogP contribution in [-0.4, -0.2) is 4.98 Å². The summed E-state index contributed by atoms with van der Waals surface area (Å²) in [6, 6.07) is 1.60. The maximum atomic E-state index is 13.9. The molecule has 2 aromatic rings. The predicted molar refractivity (Wildman–Crippen MR) is 82.4 cm³/mol. The molecule has 2 aliphatic rings. The van der Waals surface area contributed by atoms with Gasteiger partial charge in [-0.2, -0.15) is 0 Å². The van der Waals surface area contributed by atoms with Gasteiger partial charge in [-0.15, -0.1) is 0 Å². The monoisotopic (exact) mass is 419 g/mol. The van der Waals surface area contributed by atoms with Crippen molar-refractivity contribution in [1.82, 2.24) is 4.98 Å². The third kappa shape index (κ3) is 1.54. The highest BCUT2D eigenvalue weighted by atomic mass is 127. The quantitative estimate of drug-likeness (QED) is 0.459. The highest BCUT2D eigenvalue weighted by Gasteiger charge is 2.45. The zero-order chi connectivity index (χ0) is 12.5. The van der Waals surface area contributed by atoms with Crippen molar-refractivity contribution in [2.75, 3.05) is 0 Å². The van der Waals surface area contributed by atoms with Gasteiger partial charge in [-0.05, 0) is 87.7 Å². The number of rotatable bonds is 0. The van der Waals surface area contributed by atoms with Gasteiger partial charge in [-0.1, -0.05) is 0 Å². The third-order valence-corrected chi connectivity index (χ3v) is 6.15. The Kier molecular flexibility index (Phi) is 2.42. The second kappa shape index (κ2) is 3.72. The van der Waals surface area contributed by atoms with Crippen LogP contribution in [0.3, 0.4) is 0 Å². The van der Waals surface area contributed by atoms with Crippen molar-refractivity contribution in [2.45, 2.75) is 32.1 Å². The number of halogens is 3. The third-order valence-electron chi connectivity index (χ3n) is 4.53. The Morgan fingerprint density at radius 3 is 2.83 bits per heavy atom. The van der Waals surface area contributed by atoms with E-state index in [-0.39, 0.29) is 5.82 Å². The molecular formula is C14H12BrFIN. The van der Waals surface area contributed by atoms with Crippen molar-refractivity contribution in [3.05, 3.63) is 31.2 Å². The summed E-state index contributed by atoms with van der Waals surface area (Å²) in [7, 11) is 0. The van der Waals surface area contributed by atoms with Crippen molar-refractivity contribution in [2.24, 2.45) is 5.41 Å². The predicted octanol–water partition coefficient (Wildman–Crippen LogP) is 4.94. The number of H-pyrrole nitrogens is 1. The number of nitrogens with one attached hydrogen (secondary N) is 1. The summed E-state index contributed by atoms with van der Waals surface area (Å²) < 4.78 is 15.5. The first kappa shape index (κ1) is 11.7. The lowest BCUT2D eigenvalue weighted by Gasteiger charge is -2.21. The molecule has 1 aromatic heterocycles. The van der Waals surface area contributed by atoms with E-state index >= 15 is 0 Å². The van der Waals surface area contributed by atoms with Gasteiger partial charge < -0.3 is 4.98 Å². The molecule has 2 aliphatic carbocycles. The first-order chi connectivity index (χ1) is 8.60. The highest BCUT2D eigenvalue weighted by molar-refractivity contribution is 14.1. The van der Waals surface area contributed by atoms with Crippen LogP contribution < -0.4 is 0 Å². The summed E-state index contributed by atoms with van der Waals surface area (Å²) in [4.78, 5) is 3.51. The Labute approximate surface area is 127 Å². The van der Waals surface area contributed by atoms with Crippen LogP contribution in [0.15, 0.2) is 10.5 Å². The summed E-state index contributed by atoms with van der Waals surface area (Å²) in [5.74, 6) is -0.149. The Bertz CT molecular complexity index is 672. The average Bonchev–Trinajstić information content (AvgIpc) is 2.97. The van der Waals surface area contributed by atoms with E-state index in [4.69, 9.17) is 0 Å². The number of fused-ring (bicyclic) bond motifs is 3. The van der Waals surface area contributed by atoms with Crippen LogP contribution in [-0.2, 0) is 12.8 Å². The summed E-state index contributed by atoms with van der Waals surface area (Å²) in [5, 5.41) is 1.08. The van der Waals surface area contributed by atoms with Crippen molar-refractivity contribution in [1.29, 1.82) is 0 Å². The second-order valence-electron chi connectivity index (χ2n) is 5.66. The Morgan fingerprint density at radius 2 is 2.11 bits per heavy atom.